The second-order valence-electron chi connectivity index (χ2n) is 8.19. The van der Waals surface area contributed by atoms with Crippen LogP contribution in [0.25, 0.3) is 0 Å². The van der Waals surface area contributed by atoms with E-state index in [2.05, 4.69) is 9.47 Å². The number of hydrogen-bond donors (Lipinski definition) is 0. The van der Waals surface area contributed by atoms with Crippen molar-refractivity contribution in [2.75, 3.05) is 0 Å². The molecule has 0 fully saturated rings. The monoisotopic (exact) mass is 536 g/mol. The maximum atomic E-state index is 14.4. The largest absolute Gasteiger partial charge is 0.457 e. The van der Waals surface area contributed by atoms with Crippen LogP contribution in [-0.4, -0.2) is 36.2 Å². The molecule has 0 amide bonds. The van der Waals surface area contributed by atoms with Crippen molar-refractivity contribution >= 4 is 23.9 Å². The number of benzene rings is 3. The Morgan fingerprint density at radius 2 is 0.921 bits per heavy atom. The SMILES string of the molecule is O=C1OC(=O)c2cc(Oc3ccc(C(c4ccc5c(c4)C(=O)OC5=O)(C(F)(F)F)C(F)(F)F)cc3)ccc21. The lowest BCUT2D eigenvalue weighted by atomic mass is 9.72. The van der Waals surface area contributed by atoms with Crippen LogP contribution in [0.3, 0.4) is 0 Å². The van der Waals surface area contributed by atoms with Gasteiger partial charge in [0.2, 0.25) is 5.41 Å². The van der Waals surface area contributed by atoms with Gasteiger partial charge in [-0.1, -0.05) is 18.2 Å². The zero-order valence-electron chi connectivity index (χ0n) is 18.4. The molecule has 2 aliphatic heterocycles. The Morgan fingerprint density at radius 1 is 0.500 bits per heavy atom. The molecule has 3 aromatic rings. The van der Waals surface area contributed by atoms with E-state index in [1.807, 2.05) is 0 Å². The molecule has 0 spiro atoms. The molecular formula is C25H10F6O7. The average Bonchev–Trinajstić information content (AvgIpc) is 3.27. The Hall–Kier alpha value is -4.68. The highest BCUT2D eigenvalue weighted by Crippen LogP contribution is 2.56. The topological polar surface area (TPSA) is 96.0 Å². The van der Waals surface area contributed by atoms with Gasteiger partial charge in [-0.25, -0.2) is 19.2 Å². The van der Waals surface area contributed by atoms with Gasteiger partial charge in [-0.05, 0) is 53.6 Å². The number of alkyl halides is 6. The fourth-order valence-corrected chi connectivity index (χ4v) is 4.34. The molecule has 0 unspecified atom stereocenters. The Kier molecular flexibility index (Phi) is 5.37. The van der Waals surface area contributed by atoms with Gasteiger partial charge in [-0.2, -0.15) is 26.3 Å². The highest BCUT2D eigenvalue weighted by molar-refractivity contribution is 6.15. The van der Waals surface area contributed by atoms with Crippen LogP contribution in [0.1, 0.15) is 52.6 Å². The van der Waals surface area contributed by atoms with Gasteiger partial charge in [-0.15, -0.1) is 0 Å². The highest BCUT2D eigenvalue weighted by atomic mass is 19.4. The van der Waals surface area contributed by atoms with E-state index in [-0.39, 0.29) is 22.6 Å². The van der Waals surface area contributed by atoms with Crippen molar-refractivity contribution in [3.05, 3.63) is 94.0 Å². The molecule has 0 bridgehead atoms. The third kappa shape index (κ3) is 3.61. The van der Waals surface area contributed by atoms with Gasteiger partial charge in [-0.3, -0.25) is 0 Å². The lowest BCUT2D eigenvalue weighted by Gasteiger charge is -2.38. The van der Waals surface area contributed by atoms with Crippen molar-refractivity contribution in [3.8, 4) is 11.5 Å². The number of halogens is 6. The molecule has 2 heterocycles. The Labute approximate surface area is 207 Å². The summed E-state index contributed by atoms with van der Waals surface area (Å²) < 4.78 is 101. The number of hydrogen-bond acceptors (Lipinski definition) is 7. The summed E-state index contributed by atoms with van der Waals surface area (Å²) in [4.78, 5) is 46.7. The number of carbonyl (C=O) groups excluding carboxylic acids is 4. The number of esters is 4. The van der Waals surface area contributed by atoms with Gasteiger partial charge in [0, 0.05) is 0 Å². The summed E-state index contributed by atoms with van der Waals surface area (Å²) in [5, 5.41) is 0. The second kappa shape index (κ2) is 8.16. The number of cyclic esters (lactones) is 4. The minimum absolute atomic E-state index is 0.0298. The molecule has 7 nitrogen and oxygen atoms in total. The summed E-state index contributed by atoms with van der Waals surface area (Å²) in [6.45, 7) is 0. The Balaban J connectivity index is 1.58. The Morgan fingerprint density at radius 3 is 1.45 bits per heavy atom. The number of rotatable bonds is 4. The summed E-state index contributed by atoms with van der Waals surface area (Å²) in [7, 11) is 0. The van der Waals surface area contributed by atoms with E-state index in [0.717, 1.165) is 18.2 Å². The van der Waals surface area contributed by atoms with Crippen molar-refractivity contribution in [1.29, 1.82) is 0 Å². The number of fused-ring (bicyclic) bond motifs is 2. The molecule has 194 valence electrons. The molecule has 0 radical (unpaired) electrons. The van der Waals surface area contributed by atoms with Crippen molar-refractivity contribution in [3.63, 3.8) is 0 Å². The van der Waals surface area contributed by atoms with Gasteiger partial charge in [0.05, 0.1) is 22.3 Å². The van der Waals surface area contributed by atoms with Gasteiger partial charge >= 0.3 is 36.2 Å². The molecule has 0 N–H and O–H groups in total. The average molecular weight is 536 g/mol. The molecule has 0 saturated heterocycles. The standard InChI is InChI=1S/C25H10F6O7/c26-24(27,28)23(25(29,30)31,12-3-7-15-17(9-12)21(34)37-19(15)32)11-1-4-13(5-2-11)36-14-6-8-16-18(10-14)22(35)38-20(16)33/h1-10H. The highest BCUT2D eigenvalue weighted by Gasteiger charge is 2.72. The van der Waals surface area contributed by atoms with Crippen LogP contribution in [0.5, 0.6) is 11.5 Å². The molecule has 3 aromatic carbocycles. The first-order valence-electron chi connectivity index (χ1n) is 10.5. The van der Waals surface area contributed by atoms with Gasteiger partial charge in [0.15, 0.2) is 0 Å². The van der Waals surface area contributed by atoms with Crippen LogP contribution in [0.2, 0.25) is 0 Å². The van der Waals surface area contributed by atoms with Crippen LogP contribution in [0.4, 0.5) is 26.3 Å². The van der Waals surface area contributed by atoms with E-state index in [1.54, 1.807) is 0 Å². The van der Waals surface area contributed by atoms with Crippen molar-refractivity contribution in [2.24, 2.45) is 0 Å². The summed E-state index contributed by atoms with van der Waals surface area (Å²) in [5.41, 5.74) is -8.51. The quantitative estimate of drug-likeness (QED) is 0.247. The molecule has 0 saturated carbocycles. The lowest BCUT2D eigenvalue weighted by Crippen LogP contribution is -2.54. The van der Waals surface area contributed by atoms with E-state index in [0.29, 0.717) is 30.3 Å². The Bertz CT molecular complexity index is 1520. The van der Waals surface area contributed by atoms with E-state index in [1.165, 1.54) is 12.1 Å². The van der Waals surface area contributed by atoms with Crippen molar-refractivity contribution < 1.29 is 59.7 Å². The van der Waals surface area contributed by atoms with E-state index < -0.39 is 63.9 Å². The van der Waals surface area contributed by atoms with Crippen LogP contribution in [0.15, 0.2) is 60.7 Å². The van der Waals surface area contributed by atoms with Crippen LogP contribution in [-0.2, 0) is 14.9 Å². The maximum absolute atomic E-state index is 14.4. The predicted octanol–water partition coefficient (Wildman–Crippen LogP) is 5.51. The molecule has 13 heteroatoms. The van der Waals surface area contributed by atoms with E-state index >= 15 is 0 Å². The third-order valence-corrected chi connectivity index (χ3v) is 6.07. The lowest BCUT2D eigenvalue weighted by molar-refractivity contribution is -0.288. The molecule has 0 aromatic heterocycles. The summed E-state index contributed by atoms with van der Waals surface area (Å²) in [5.74, 6) is -4.59. The van der Waals surface area contributed by atoms with Gasteiger partial charge < -0.3 is 14.2 Å². The van der Waals surface area contributed by atoms with Crippen molar-refractivity contribution in [2.45, 2.75) is 17.8 Å². The molecule has 0 aliphatic carbocycles. The van der Waals surface area contributed by atoms with E-state index in [9.17, 15) is 45.5 Å². The molecule has 0 atom stereocenters. The summed E-state index contributed by atoms with van der Waals surface area (Å²) in [6.07, 6.45) is -11.9. The molecular weight excluding hydrogens is 526 g/mol. The molecule has 38 heavy (non-hydrogen) atoms. The third-order valence-electron chi connectivity index (χ3n) is 6.07. The number of carbonyl (C=O) groups is 4. The fourth-order valence-electron chi connectivity index (χ4n) is 4.34. The minimum Gasteiger partial charge on any atom is -0.457 e. The normalized spacial score (nSPS) is 15.2. The second-order valence-corrected chi connectivity index (χ2v) is 8.19. The predicted molar refractivity (Wildman–Crippen MR) is 112 cm³/mol. The smallest absolute Gasteiger partial charge is 0.411 e. The molecule has 5 rings (SSSR count). The maximum Gasteiger partial charge on any atom is 0.411 e. The van der Waals surface area contributed by atoms with Crippen molar-refractivity contribution in [1.82, 2.24) is 0 Å². The van der Waals surface area contributed by atoms with Crippen LogP contribution < -0.4 is 4.74 Å². The first kappa shape index (κ1) is 25.0. The first-order valence-corrected chi connectivity index (χ1v) is 10.5. The summed E-state index contributed by atoms with van der Waals surface area (Å²) in [6, 6.07) is 7.90. The zero-order valence-corrected chi connectivity index (χ0v) is 18.4. The van der Waals surface area contributed by atoms with Crippen LogP contribution >= 0.6 is 0 Å². The molecule has 2 aliphatic rings. The first-order chi connectivity index (χ1) is 17.7. The summed E-state index contributed by atoms with van der Waals surface area (Å²) >= 11 is 0. The fraction of sp³-hybridized carbons (Fsp3) is 0.120. The zero-order chi connectivity index (χ0) is 27.6. The van der Waals surface area contributed by atoms with Crippen LogP contribution in [0, 0.1) is 0 Å². The van der Waals surface area contributed by atoms with Gasteiger partial charge in [0.25, 0.3) is 0 Å². The number of ether oxygens (including phenoxy) is 3. The minimum atomic E-state index is -5.94. The van der Waals surface area contributed by atoms with E-state index in [4.69, 9.17) is 4.74 Å². The van der Waals surface area contributed by atoms with Gasteiger partial charge in [0.1, 0.15) is 11.5 Å².